The minimum Gasteiger partial charge on any atom is -0.460 e. The van der Waals surface area contributed by atoms with E-state index in [9.17, 15) is 9.59 Å². The molecule has 0 spiro atoms. The van der Waals surface area contributed by atoms with Gasteiger partial charge in [0.2, 0.25) is 5.91 Å². The zero-order chi connectivity index (χ0) is 17.1. The van der Waals surface area contributed by atoms with Gasteiger partial charge in [0.15, 0.2) is 10.9 Å². The Kier molecular flexibility index (Phi) is 4.57. The van der Waals surface area contributed by atoms with Crippen molar-refractivity contribution >= 4 is 45.2 Å². The minimum absolute atomic E-state index is 0.125. The zero-order valence-corrected chi connectivity index (χ0v) is 14.1. The maximum absolute atomic E-state index is 12.1. The first-order chi connectivity index (χ1) is 11.6. The number of anilines is 1. The summed E-state index contributed by atoms with van der Waals surface area (Å²) in [4.78, 5) is 27.4. The second kappa shape index (κ2) is 6.80. The number of nitrogens with one attached hydrogen (secondary N) is 1. The summed E-state index contributed by atoms with van der Waals surface area (Å²) in [5.41, 5.74) is 2.07. The lowest BCUT2D eigenvalue weighted by molar-refractivity contribution is -0.111. The van der Waals surface area contributed by atoms with Crippen molar-refractivity contribution in [2.45, 2.75) is 20.3 Å². The largest absolute Gasteiger partial charge is 0.460 e. The van der Waals surface area contributed by atoms with Crippen LogP contribution < -0.4 is 5.32 Å². The highest BCUT2D eigenvalue weighted by atomic mass is 32.1. The molecule has 2 aromatic heterocycles. The predicted molar refractivity (Wildman–Crippen MR) is 95.4 cm³/mol. The summed E-state index contributed by atoms with van der Waals surface area (Å²) < 4.78 is 5.80. The lowest BCUT2D eigenvalue weighted by Gasteiger charge is -1.96. The molecule has 0 bridgehead atoms. The molecule has 6 heteroatoms. The van der Waals surface area contributed by atoms with Crippen LogP contribution in [0.5, 0.6) is 0 Å². The topological polar surface area (TPSA) is 72.2 Å². The molecule has 0 saturated heterocycles. The quantitative estimate of drug-likeness (QED) is 0.555. The van der Waals surface area contributed by atoms with E-state index in [1.807, 2.05) is 31.2 Å². The molecule has 1 N–H and O–H groups in total. The van der Waals surface area contributed by atoms with Gasteiger partial charge in [0, 0.05) is 35.8 Å². The van der Waals surface area contributed by atoms with E-state index in [1.165, 1.54) is 24.3 Å². The van der Waals surface area contributed by atoms with Crippen LogP contribution in [0.1, 0.15) is 35.7 Å². The third kappa shape index (κ3) is 3.28. The first-order valence-corrected chi connectivity index (χ1v) is 8.42. The molecule has 0 aliphatic heterocycles. The van der Waals surface area contributed by atoms with Gasteiger partial charge in [0.1, 0.15) is 17.0 Å². The number of hydrogen-bond acceptors (Lipinski definition) is 5. The molecule has 0 aliphatic carbocycles. The summed E-state index contributed by atoms with van der Waals surface area (Å²) in [5, 5.41) is 5.67. The number of amides is 1. The first kappa shape index (κ1) is 16.1. The Morgan fingerprint density at radius 3 is 2.83 bits per heavy atom. The fraction of sp³-hybridized carbons (Fsp3) is 0.167. The number of aromatic nitrogens is 1. The van der Waals surface area contributed by atoms with E-state index in [1.54, 1.807) is 11.5 Å². The van der Waals surface area contributed by atoms with Gasteiger partial charge in [-0.2, -0.15) is 0 Å². The smallest absolute Gasteiger partial charge is 0.250 e. The molecule has 3 rings (SSSR count). The van der Waals surface area contributed by atoms with E-state index in [-0.39, 0.29) is 11.7 Å². The van der Waals surface area contributed by atoms with Gasteiger partial charge < -0.3 is 4.42 Å². The minimum atomic E-state index is -0.299. The number of aryl methyl sites for hydroxylation is 1. The van der Waals surface area contributed by atoms with Crippen LogP contribution in [0.4, 0.5) is 5.13 Å². The normalized spacial score (nSPS) is 11.2. The Balaban J connectivity index is 1.80. The molecule has 122 valence electrons. The number of nitrogens with zero attached hydrogens (tertiary/aromatic N) is 1. The number of rotatable bonds is 5. The molecule has 2 heterocycles. The fourth-order valence-corrected chi connectivity index (χ4v) is 3.11. The van der Waals surface area contributed by atoms with Crippen molar-refractivity contribution in [3.8, 4) is 0 Å². The summed E-state index contributed by atoms with van der Waals surface area (Å²) in [6, 6.07) is 7.73. The van der Waals surface area contributed by atoms with Crippen LogP contribution in [0.15, 0.2) is 40.1 Å². The van der Waals surface area contributed by atoms with Crippen molar-refractivity contribution in [2.24, 2.45) is 0 Å². The predicted octanol–water partition coefficient (Wildman–Crippen LogP) is 4.31. The van der Waals surface area contributed by atoms with Crippen molar-refractivity contribution < 1.29 is 14.0 Å². The monoisotopic (exact) mass is 340 g/mol. The van der Waals surface area contributed by atoms with Gasteiger partial charge in [-0.25, -0.2) is 4.98 Å². The van der Waals surface area contributed by atoms with Crippen molar-refractivity contribution in [3.05, 3.63) is 52.7 Å². The van der Waals surface area contributed by atoms with E-state index in [0.717, 1.165) is 28.7 Å². The number of para-hydroxylation sites is 1. The first-order valence-electron chi connectivity index (χ1n) is 7.54. The van der Waals surface area contributed by atoms with Gasteiger partial charge in [-0.3, -0.25) is 14.9 Å². The second-order valence-corrected chi connectivity index (χ2v) is 6.06. The highest BCUT2D eigenvalue weighted by Crippen LogP contribution is 2.27. The second-order valence-electron chi connectivity index (χ2n) is 5.21. The lowest BCUT2D eigenvalue weighted by Crippen LogP contribution is -2.07. The number of fused-ring (bicyclic) bond motifs is 1. The molecule has 0 saturated carbocycles. The highest BCUT2D eigenvalue weighted by molar-refractivity contribution is 7.14. The number of carbonyl (C=O) groups excluding carboxylic acids is 2. The van der Waals surface area contributed by atoms with Crippen LogP contribution in [-0.2, 0) is 11.2 Å². The van der Waals surface area contributed by atoms with Crippen LogP contribution in [0.2, 0.25) is 0 Å². The van der Waals surface area contributed by atoms with Crippen LogP contribution in [0, 0.1) is 0 Å². The number of thiazole rings is 1. The van der Waals surface area contributed by atoms with E-state index in [0.29, 0.717) is 10.8 Å². The average molecular weight is 340 g/mol. The van der Waals surface area contributed by atoms with Gasteiger partial charge in [-0.15, -0.1) is 11.3 Å². The van der Waals surface area contributed by atoms with Crippen LogP contribution in [-0.4, -0.2) is 16.7 Å². The van der Waals surface area contributed by atoms with Gasteiger partial charge in [0.25, 0.3) is 0 Å². The molecule has 0 aliphatic rings. The van der Waals surface area contributed by atoms with E-state index in [2.05, 4.69) is 10.3 Å². The number of hydrogen-bond donors (Lipinski definition) is 1. The number of ketones is 1. The van der Waals surface area contributed by atoms with E-state index < -0.39 is 0 Å². The number of carbonyl (C=O) groups is 2. The molecule has 0 fully saturated rings. The summed E-state index contributed by atoms with van der Waals surface area (Å²) in [6.07, 6.45) is 3.94. The molecule has 3 aromatic rings. The van der Waals surface area contributed by atoms with Gasteiger partial charge >= 0.3 is 0 Å². The standard InChI is InChI=1S/C18H16N2O3S/c1-3-15-13(12-6-4-5-7-16(12)23-15)8-9-17(22)20-18-19-14(10-24-18)11(2)21/h4-10H,3H2,1-2H3,(H,19,20,22)/b9-8+. The van der Waals surface area contributed by atoms with E-state index >= 15 is 0 Å². The van der Waals surface area contributed by atoms with Gasteiger partial charge in [-0.1, -0.05) is 25.1 Å². The maximum atomic E-state index is 12.1. The molecular formula is C18H16N2O3S. The Labute approximate surface area is 143 Å². The Morgan fingerprint density at radius 2 is 2.12 bits per heavy atom. The highest BCUT2D eigenvalue weighted by Gasteiger charge is 2.11. The van der Waals surface area contributed by atoms with Crippen molar-refractivity contribution in [3.63, 3.8) is 0 Å². The zero-order valence-electron chi connectivity index (χ0n) is 13.3. The van der Waals surface area contributed by atoms with E-state index in [4.69, 9.17) is 4.42 Å². The summed E-state index contributed by atoms with van der Waals surface area (Å²) >= 11 is 1.22. The third-order valence-electron chi connectivity index (χ3n) is 3.53. The number of Topliss-reactive ketones (excluding diaryl/α,β-unsaturated/α-hetero) is 1. The molecule has 5 nitrogen and oxygen atoms in total. The number of benzene rings is 1. The average Bonchev–Trinajstić information content (AvgIpc) is 3.17. The molecular weight excluding hydrogens is 324 g/mol. The number of furan rings is 1. The van der Waals surface area contributed by atoms with Gasteiger partial charge in [0.05, 0.1) is 0 Å². The van der Waals surface area contributed by atoms with Gasteiger partial charge in [-0.05, 0) is 12.1 Å². The molecule has 0 radical (unpaired) electrons. The molecule has 1 aromatic carbocycles. The lowest BCUT2D eigenvalue weighted by atomic mass is 10.1. The molecule has 0 unspecified atom stereocenters. The maximum Gasteiger partial charge on any atom is 0.250 e. The summed E-state index contributed by atoms with van der Waals surface area (Å²) in [6.45, 7) is 3.45. The van der Waals surface area contributed by atoms with Crippen LogP contribution >= 0.6 is 11.3 Å². The molecule has 24 heavy (non-hydrogen) atoms. The Hall–Kier alpha value is -2.73. The van der Waals surface area contributed by atoms with Crippen molar-refractivity contribution in [2.75, 3.05) is 5.32 Å². The Bertz CT molecular complexity index is 937. The fourth-order valence-electron chi connectivity index (χ4n) is 2.36. The summed E-state index contributed by atoms with van der Waals surface area (Å²) in [7, 11) is 0. The third-order valence-corrected chi connectivity index (χ3v) is 4.29. The molecule has 1 amide bonds. The van der Waals surface area contributed by atoms with Crippen LogP contribution in [0.3, 0.4) is 0 Å². The summed E-state index contributed by atoms with van der Waals surface area (Å²) in [5.74, 6) is 0.417. The SMILES string of the molecule is CCc1oc2ccccc2c1/C=C/C(=O)Nc1nc(C(C)=O)cs1. The van der Waals surface area contributed by atoms with Crippen LogP contribution in [0.25, 0.3) is 17.0 Å². The van der Waals surface area contributed by atoms with Crippen molar-refractivity contribution in [1.29, 1.82) is 0 Å². The van der Waals surface area contributed by atoms with Crippen molar-refractivity contribution in [1.82, 2.24) is 4.98 Å². The Morgan fingerprint density at radius 1 is 1.33 bits per heavy atom. The molecule has 0 atom stereocenters.